The summed E-state index contributed by atoms with van der Waals surface area (Å²) in [7, 11) is 0. The molecule has 0 radical (unpaired) electrons. The summed E-state index contributed by atoms with van der Waals surface area (Å²) in [6, 6.07) is 13.1. The molecule has 0 unspecified atom stereocenters. The van der Waals surface area contributed by atoms with Crippen LogP contribution in [0.4, 0.5) is 5.69 Å². The lowest BCUT2D eigenvalue weighted by atomic mass is 10.0. The Morgan fingerprint density at radius 3 is 2.59 bits per heavy atom. The van der Waals surface area contributed by atoms with E-state index in [0.717, 1.165) is 5.69 Å². The van der Waals surface area contributed by atoms with E-state index in [4.69, 9.17) is 9.47 Å². The molecule has 22 heavy (non-hydrogen) atoms. The Kier molecular flexibility index (Phi) is 4.00. The molecule has 1 aliphatic rings. The number of carbonyl (C=O) groups is 1. The lowest BCUT2D eigenvalue weighted by Gasteiger charge is -2.18. The van der Waals surface area contributed by atoms with Crippen molar-refractivity contribution >= 4 is 11.6 Å². The van der Waals surface area contributed by atoms with E-state index in [9.17, 15) is 4.79 Å². The van der Waals surface area contributed by atoms with Gasteiger partial charge in [0.1, 0.15) is 13.2 Å². The Morgan fingerprint density at radius 2 is 1.82 bits per heavy atom. The minimum Gasteiger partial charge on any atom is -0.486 e. The van der Waals surface area contributed by atoms with Crippen molar-refractivity contribution in [2.24, 2.45) is 0 Å². The third-order valence-electron chi connectivity index (χ3n) is 3.62. The second-order valence-electron chi connectivity index (χ2n) is 5.59. The maximum atomic E-state index is 12.4. The van der Waals surface area contributed by atoms with Gasteiger partial charge >= 0.3 is 0 Å². The molecule has 4 nitrogen and oxygen atoms in total. The van der Waals surface area contributed by atoms with Crippen LogP contribution in [0.1, 0.15) is 35.7 Å². The molecule has 114 valence electrons. The second-order valence-corrected chi connectivity index (χ2v) is 5.59. The normalized spacial score (nSPS) is 13.0. The maximum absolute atomic E-state index is 12.4. The molecule has 1 heterocycles. The van der Waals surface area contributed by atoms with Crippen LogP contribution in [0.5, 0.6) is 11.5 Å². The molecule has 0 bridgehead atoms. The van der Waals surface area contributed by atoms with Gasteiger partial charge in [0.25, 0.3) is 5.91 Å². The van der Waals surface area contributed by atoms with E-state index in [-0.39, 0.29) is 5.91 Å². The van der Waals surface area contributed by atoms with Crippen LogP contribution in [0.15, 0.2) is 42.5 Å². The van der Waals surface area contributed by atoms with Crippen molar-refractivity contribution in [3.63, 3.8) is 0 Å². The first-order chi connectivity index (χ1) is 10.6. The number of anilines is 1. The van der Waals surface area contributed by atoms with E-state index < -0.39 is 0 Å². The van der Waals surface area contributed by atoms with Gasteiger partial charge in [-0.05, 0) is 41.8 Å². The number of carbonyl (C=O) groups excluding carboxylic acids is 1. The van der Waals surface area contributed by atoms with E-state index in [2.05, 4.69) is 25.2 Å². The highest BCUT2D eigenvalue weighted by Crippen LogP contribution is 2.31. The zero-order valence-electron chi connectivity index (χ0n) is 12.8. The van der Waals surface area contributed by atoms with Crippen LogP contribution in [0.25, 0.3) is 0 Å². The predicted molar refractivity (Wildman–Crippen MR) is 85.9 cm³/mol. The van der Waals surface area contributed by atoms with Gasteiger partial charge in [-0.25, -0.2) is 0 Å². The summed E-state index contributed by atoms with van der Waals surface area (Å²) in [6.07, 6.45) is 0. The summed E-state index contributed by atoms with van der Waals surface area (Å²) < 4.78 is 11.0. The average Bonchev–Trinajstić information content (AvgIpc) is 2.54. The highest BCUT2D eigenvalue weighted by Gasteiger charge is 2.15. The fourth-order valence-corrected chi connectivity index (χ4v) is 2.36. The highest BCUT2D eigenvalue weighted by atomic mass is 16.6. The molecular weight excluding hydrogens is 278 g/mol. The maximum Gasteiger partial charge on any atom is 0.255 e. The Hall–Kier alpha value is -2.49. The molecule has 0 saturated heterocycles. The molecule has 0 aromatic heterocycles. The number of amides is 1. The van der Waals surface area contributed by atoms with Gasteiger partial charge in [-0.1, -0.05) is 26.0 Å². The fraction of sp³-hybridized carbons (Fsp3) is 0.278. The first-order valence-electron chi connectivity index (χ1n) is 7.44. The molecule has 2 aromatic rings. The van der Waals surface area contributed by atoms with Crippen LogP contribution in [-0.4, -0.2) is 19.1 Å². The molecule has 0 spiro atoms. The highest BCUT2D eigenvalue weighted by molar-refractivity contribution is 6.04. The van der Waals surface area contributed by atoms with E-state index in [0.29, 0.717) is 36.2 Å². The summed E-state index contributed by atoms with van der Waals surface area (Å²) in [6.45, 7) is 5.30. The molecule has 2 aromatic carbocycles. The van der Waals surface area contributed by atoms with Crippen LogP contribution < -0.4 is 14.8 Å². The van der Waals surface area contributed by atoms with Crippen LogP contribution in [-0.2, 0) is 0 Å². The lowest BCUT2D eigenvalue weighted by molar-refractivity contribution is 0.102. The van der Waals surface area contributed by atoms with Crippen LogP contribution in [0.2, 0.25) is 0 Å². The smallest absolute Gasteiger partial charge is 0.255 e. The number of ether oxygens (including phenoxy) is 2. The Bertz CT molecular complexity index is 694. The topological polar surface area (TPSA) is 47.6 Å². The van der Waals surface area contributed by atoms with E-state index in [1.165, 1.54) is 5.56 Å². The molecular formula is C18H19NO3. The average molecular weight is 297 g/mol. The van der Waals surface area contributed by atoms with Gasteiger partial charge < -0.3 is 14.8 Å². The third-order valence-corrected chi connectivity index (χ3v) is 3.62. The molecule has 3 rings (SSSR count). The molecule has 0 saturated carbocycles. The van der Waals surface area contributed by atoms with Gasteiger partial charge in [0.15, 0.2) is 11.5 Å². The minimum atomic E-state index is -0.155. The van der Waals surface area contributed by atoms with Gasteiger partial charge in [-0.3, -0.25) is 4.79 Å². The van der Waals surface area contributed by atoms with Gasteiger partial charge in [0.05, 0.1) is 0 Å². The van der Waals surface area contributed by atoms with Gasteiger partial charge in [-0.15, -0.1) is 0 Å². The van der Waals surface area contributed by atoms with Crippen molar-refractivity contribution in [2.45, 2.75) is 19.8 Å². The van der Waals surface area contributed by atoms with Crippen molar-refractivity contribution in [3.05, 3.63) is 53.6 Å². The van der Waals surface area contributed by atoms with Crippen molar-refractivity contribution in [1.82, 2.24) is 0 Å². The first kappa shape index (κ1) is 14.4. The summed E-state index contributed by atoms with van der Waals surface area (Å²) in [4.78, 5) is 12.4. The summed E-state index contributed by atoms with van der Waals surface area (Å²) >= 11 is 0. The quantitative estimate of drug-likeness (QED) is 0.936. The molecule has 1 amide bonds. The number of benzene rings is 2. The molecule has 0 atom stereocenters. The van der Waals surface area contributed by atoms with Crippen molar-refractivity contribution in [3.8, 4) is 11.5 Å². The van der Waals surface area contributed by atoms with Crippen LogP contribution in [0, 0.1) is 0 Å². The number of hydrogen-bond acceptors (Lipinski definition) is 3. The predicted octanol–water partition coefficient (Wildman–Crippen LogP) is 3.83. The van der Waals surface area contributed by atoms with Crippen LogP contribution in [0.3, 0.4) is 0 Å². The SMILES string of the molecule is CC(C)c1cccc(NC(=O)c2ccc3c(c2)OCCO3)c1. The number of rotatable bonds is 3. The van der Waals surface area contributed by atoms with E-state index in [1.54, 1.807) is 18.2 Å². The van der Waals surface area contributed by atoms with Gasteiger partial charge in [0.2, 0.25) is 0 Å². The monoisotopic (exact) mass is 297 g/mol. The molecule has 0 aliphatic carbocycles. The van der Waals surface area contributed by atoms with Crippen molar-refractivity contribution in [2.75, 3.05) is 18.5 Å². The Labute approximate surface area is 130 Å². The van der Waals surface area contributed by atoms with E-state index >= 15 is 0 Å². The number of fused-ring (bicyclic) bond motifs is 1. The minimum absolute atomic E-state index is 0.155. The summed E-state index contributed by atoms with van der Waals surface area (Å²) in [5.74, 6) is 1.57. The van der Waals surface area contributed by atoms with Crippen molar-refractivity contribution < 1.29 is 14.3 Å². The summed E-state index contributed by atoms with van der Waals surface area (Å²) in [5, 5.41) is 2.92. The molecule has 0 fully saturated rings. The Morgan fingerprint density at radius 1 is 1.05 bits per heavy atom. The largest absolute Gasteiger partial charge is 0.486 e. The first-order valence-corrected chi connectivity index (χ1v) is 7.44. The zero-order chi connectivity index (χ0) is 15.5. The number of nitrogens with one attached hydrogen (secondary N) is 1. The Balaban J connectivity index is 1.78. The van der Waals surface area contributed by atoms with Gasteiger partial charge in [-0.2, -0.15) is 0 Å². The molecule has 4 heteroatoms. The lowest BCUT2D eigenvalue weighted by Crippen LogP contribution is -2.17. The number of hydrogen-bond donors (Lipinski definition) is 1. The zero-order valence-corrected chi connectivity index (χ0v) is 12.8. The summed E-state index contributed by atoms with van der Waals surface area (Å²) in [5.41, 5.74) is 2.55. The fourth-order valence-electron chi connectivity index (χ4n) is 2.36. The second kappa shape index (κ2) is 6.10. The molecule has 1 N–H and O–H groups in total. The van der Waals surface area contributed by atoms with Gasteiger partial charge in [0, 0.05) is 11.3 Å². The van der Waals surface area contributed by atoms with E-state index in [1.807, 2.05) is 18.2 Å². The molecule has 1 aliphatic heterocycles. The van der Waals surface area contributed by atoms with Crippen LogP contribution >= 0.6 is 0 Å². The van der Waals surface area contributed by atoms with Crippen molar-refractivity contribution in [1.29, 1.82) is 0 Å². The standard InChI is InChI=1S/C18H19NO3/c1-12(2)13-4-3-5-15(10-13)19-18(20)14-6-7-16-17(11-14)22-9-8-21-16/h3-7,10-12H,8-9H2,1-2H3,(H,19,20). The third kappa shape index (κ3) is 3.06.